The Kier molecular flexibility index (Phi) is 2.45. The predicted octanol–water partition coefficient (Wildman–Crippen LogP) is 0.381. The van der Waals surface area contributed by atoms with E-state index in [0.717, 1.165) is 0 Å². The molecule has 1 aromatic rings. The first kappa shape index (κ1) is 10.1. The first-order valence-corrected chi connectivity index (χ1v) is 3.83. The highest BCUT2D eigenvalue weighted by atomic mass is 16.2. The molecular formula is C10H7NO3. The molecule has 0 heterocycles. The van der Waals surface area contributed by atoms with Crippen LogP contribution in [0.4, 0.5) is 0 Å². The quantitative estimate of drug-likeness (QED) is 0.552. The van der Waals surface area contributed by atoms with Gasteiger partial charge in [0.25, 0.3) is 0 Å². The second-order valence-corrected chi connectivity index (χ2v) is 2.84. The lowest BCUT2D eigenvalue weighted by Gasteiger charge is -1.90. The zero-order chi connectivity index (χ0) is 9.42. The molecule has 70 valence electrons. The van der Waals surface area contributed by atoms with E-state index < -0.39 is 5.92 Å². The molecule has 2 rings (SSSR count). The summed E-state index contributed by atoms with van der Waals surface area (Å²) >= 11 is 0. The summed E-state index contributed by atoms with van der Waals surface area (Å²) in [6, 6.07) is 8.23. The Morgan fingerprint density at radius 2 is 1.50 bits per heavy atom. The monoisotopic (exact) mass is 189 g/mol. The Balaban J connectivity index is 0.000000980. The van der Waals surface area contributed by atoms with Crippen LogP contribution in [0.15, 0.2) is 24.3 Å². The molecule has 1 aliphatic carbocycles. The van der Waals surface area contributed by atoms with Gasteiger partial charge in [0.2, 0.25) is 0 Å². The van der Waals surface area contributed by atoms with Crippen molar-refractivity contribution in [2.45, 2.75) is 0 Å². The highest BCUT2D eigenvalue weighted by Crippen LogP contribution is 2.25. The van der Waals surface area contributed by atoms with E-state index >= 15 is 0 Å². The molecule has 2 N–H and O–H groups in total. The van der Waals surface area contributed by atoms with Crippen LogP contribution in [-0.4, -0.2) is 17.0 Å². The fourth-order valence-electron chi connectivity index (χ4n) is 1.46. The third kappa shape index (κ3) is 1.11. The van der Waals surface area contributed by atoms with Crippen LogP contribution in [0.3, 0.4) is 0 Å². The van der Waals surface area contributed by atoms with E-state index in [9.17, 15) is 9.59 Å². The average molecular weight is 189 g/mol. The lowest BCUT2D eigenvalue weighted by atomic mass is 10.1. The fourth-order valence-corrected chi connectivity index (χ4v) is 1.46. The van der Waals surface area contributed by atoms with Gasteiger partial charge in [-0.25, -0.2) is 0 Å². The van der Waals surface area contributed by atoms with E-state index in [1.165, 1.54) is 0 Å². The highest BCUT2D eigenvalue weighted by Gasteiger charge is 2.38. The molecule has 0 atom stereocenters. The van der Waals surface area contributed by atoms with E-state index in [2.05, 4.69) is 0 Å². The highest BCUT2D eigenvalue weighted by molar-refractivity contribution is 6.27. The van der Waals surface area contributed by atoms with Crippen molar-refractivity contribution in [2.24, 2.45) is 5.92 Å². The van der Waals surface area contributed by atoms with Gasteiger partial charge in [0.1, 0.15) is 0 Å². The number of carbonyl (C=O) groups is 2. The van der Waals surface area contributed by atoms with Crippen LogP contribution in [-0.2, 0) is 0 Å². The van der Waals surface area contributed by atoms with Gasteiger partial charge in [-0.05, 0) is 0 Å². The maximum Gasteiger partial charge on any atom is 0.188 e. The lowest BCUT2D eigenvalue weighted by Crippen LogP contribution is -2.11. The van der Waals surface area contributed by atoms with Gasteiger partial charge in [-0.15, -0.1) is 0 Å². The average Bonchev–Trinajstić information content (AvgIpc) is 2.41. The van der Waals surface area contributed by atoms with Crippen molar-refractivity contribution in [1.29, 1.82) is 5.26 Å². The number of nitrogens with zero attached hydrogens (tertiary/aromatic N) is 1. The minimum absolute atomic E-state index is 0. The Morgan fingerprint density at radius 3 is 1.86 bits per heavy atom. The molecule has 1 aromatic carbocycles. The SMILES string of the molecule is N#CC1C(=O)c2ccccc2C1=O.O. The molecule has 0 amide bonds. The molecular weight excluding hydrogens is 182 g/mol. The summed E-state index contributed by atoms with van der Waals surface area (Å²) in [5, 5.41) is 8.59. The maximum atomic E-state index is 11.4. The van der Waals surface area contributed by atoms with Gasteiger partial charge < -0.3 is 5.48 Å². The van der Waals surface area contributed by atoms with Gasteiger partial charge in [-0.2, -0.15) is 5.26 Å². The van der Waals surface area contributed by atoms with Gasteiger partial charge >= 0.3 is 0 Å². The van der Waals surface area contributed by atoms with Crippen LogP contribution < -0.4 is 0 Å². The lowest BCUT2D eigenvalue weighted by molar-refractivity contribution is 0.0876. The number of carbonyl (C=O) groups excluding carboxylic acids is 2. The van der Waals surface area contributed by atoms with Gasteiger partial charge in [-0.1, -0.05) is 24.3 Å². The topological polar surface area (TPSA) is 89.4 Å². The summed E-state index contributed by atoms with van der Waals surface area (Å²) in [6.07, 6.45) is 0. The summed E-state index contributed by atoms with van der Waals surface area (Å²) in [7, 11) is 0. The van der Waals surface area contributed by atoms with Crippen LogP contribution in [0.1, 0.15) is 20.7 Å². The summed E-state index contributed by atoms with van der Waals surface area (Å²) in [6.45, 7) is 0. The zero-order valence-corrected chi connectivity index (χ0v) is 7.15. The van der Waals surface area contributed by atoms with E-state index in [4.69, 9.17) is 5.26 Å². The van der Waals surface area contributed by atoms with Crippen LogP contribution >= 0.6 is 0 Å². The second kappa shape index (κ2) is 3.40. The maximum absolute atomic E-state index is 11.4. The molecule has 0 saturated carbocycles. The largest absolute Gasteiger partial charge is 0.412 e. The summed E-state index contributed by atoms with van der Waals surface area (Å²) in [5.41, 5.74) is 0.748. The number of hydrogen-bond donors (Lipinski definition) is 0. The number of rotatable bonds is 0. The molecule has 0 aromatic heterocycles. The summed E-state index contributed by atoms with van der Waals surface area (Å²) < 4.78 is 0. The Bertz CT molecular complexity index is 410. The predicted molar refractivity (Wildman–Crippen MR) is 47.8 cm³/mol. The van der Waals surface area contributed by atoms with E-state index in [1.54, 1.807) is 30.3 Å². The van der Waals surface area contributed by atoms with E-state index in [0.29, 0.717) is 11.1 Å². The fraction of sp³-hybridized carbons (Fsp3) is 0.100. The van der Waals surface area contributed by atoms with Crippen LogP contribution in [0.25, 0.3) is 0 Å². The number of nitriles is 1. The van der Waals surface area contributed by atoms with Crippen molar-refractivity contribution in [3.63, 3.8) is 0 Å². The molecule has 4 nitrogen and oxygen atoms in total. The van der Waals surface area contributed by atoms with Crippen molar-refractivity contribution in [1.82, 2.24) is 0 Å². The Hall–Kier alpha value is -1.99. The molecule has 0 spiro atoms. The summed E-state index contributed by atoms with van der Waals surface area (Å²) in [4.78, 5) is 22.8. The Morgan fingerprint density at radius 1 is 1.07 bits per heavy atom. The van der Waals surface area contributed by atoms with Crippen molar-refractivity contribution in [2.75, 3.05) is 0 Å². The van der Waals surface area contributed by atoms with Crippen molar-refractivity contribution >= 4 is 11.6 Å². The van der Waals surface area contributed by atoms with Gasteiger partial charge in [0.15, 0.2) is 17.5 Å². The summed E-state index contributed by atoms with van der Waals surface area (Å²) in [5.74, 6) is -1.86. The van der Waals surface area contributed by atoms with Crippen molar-refractivity contribution in [3.05, 3.63) is 35.4 Å². The molecule has 0 fully saturated rings. The molecule has 0 unspecified atom stereocenters. The zero-order valence-electron chi connectivity index (χ0n) is 7.15. The number of Topliss-reactive ketones (excluding diaryl/α,β-unsaturated/α-hetero) is 2. The number of ketones is 2. The minimum Gasteiger partial charge on any atom is -0.412 e. The van der Waals surface area contributed by atoms with E-state index in [1.807, 2.05) is 0 Å². The minimum atomic E-state index is -1.11. The Labute approximate surface area is 80.1 Å². The first-order valence-electron chi connectivity index (χ1n) is 3.83. The smallest absolute Gasteiger partial charge is 0.188 e. The molecule has 0 radical (unpaired) electrons. The molecule has 0 saturated heterocycles. The molecule has 0 bridgehead atoms. The number of benzene rings is 1. The third-order valence-electron chi connectivity index (χ3n) is 2.11. The second-order valence-electron chi connectivity index (χ2n) is 2.84. The van der Waals surface area contributed by atoms with Gasteiger partial charge in [0.05, 0.1) is 6.07 Å². The van der Waals surface area contributed by atoms with E-state index in [-0.39, 0.29) is 17.0 Å². The standard InChI is InChI=1S/C10H5NO2.H2O/c11-5-8-9(12)6-3-1-2-4-7(6)10(8)13;/h1-4,8H;1H2. The molecule has 1 aliphatic rings. The van der Waals surface area contributed by atoms with Crippen LogP contribution in [0.2, 0.25) is 0 Å². The third-order valence-corrected chi connectivity index (χ3v) is 2.11. The molecule has 4 heteroatoms. The first-order chi connectivity index (χ1) is 6.25. The van der Waals surface area contributed by atoms with Gasteiger partial charge in [-0.3, -0.25) is 9.59 Å². The van der Waals surface area contributed by atoms with Crippen LogP contribution in [0.5, 0.6) is 0 Å². The van der Waals surface area contributed by atoms with Gasteiger partial charge in [0, 0.05) is 11.1 Å². The molecule has 14 heavy (non-hydrogen) atoms. The van der Waals surface area contributed by atoms with Crippen molar-refractivity contribution < 1.29 is 15.1 Å². The van der Waals surface area contributed by atoms with Crippen molar-refractivity contribution in [3.8, 4) is 6.07 Å². The molecule has 0 aliphatic heterocycles. The van der Waals surface area contributed by atoms with Crippen LogP contribution in [0, 0.1) is 17.2 Å². The normalized spacial score (nSPS) is 14.5. The number of hydrogen-bond acceptors (Lipinski definition) is 3. The number of fused-ring (bicyclic) bond motifs is 1.